The standard InChI is InChI=1S/C39H32N2/c1-31-13-11-12-20-39(31)41(36-18-9-4-10-19-36)38-29-25-33(26-30-38)22-21-32-23-27-37(28-24-32)40(34-14-5-2-6-15-34)35-16-7-3-8-17-35/h2-30H,1H3/b22-21+. The molecule has 0 aliphatic carbocycles. The number of hydrogen-bond donors (Lipinski definition) is 0. The highest BCUT2D eigenvalue weighted by Gasteiger charge is 2.14. The lowest BCUT2D eigenvalue weighted by Gasteiger charge is -2.27. The Morgan fingerprint density at radius 3 is 1.12 bits per heavy atom. The highest BCUT2D eigenvalue weighted by Crippen LogP contribution is 2.37. The molecule has 0 aliphatic heterocycles. The predicted molar refractivity (Wildman–Crippen MR) is 176 cm³/mol. The maximum absolute atomic E-state index is 2.31. The van der Waals surface area contributed by atoms with Gasteiger partial charge < -0.3 is 9.80 Å². The van der Waals surface area contributed by atoms with E-state index < -0.39 is 0 Å². The van der Waals surface area contributed by atoms with Crippen LogP contribution in [0.4, 0.5) is 34.1 Å². The van der Waals surface area contributed by atoms with Crippen LogP contribution in [-0.4, -0.2) is 0 Å². The molecule has 198 valence electrons. The van der Waals surface area contributed by atoms with Crippen LogP contribution in [0.5, 0.6) is 0 Å². The third kappa shape index (κ3) is 5.98. The summed E-state index contributed by atoms with van der Waals surface area (Å²) in [6.07, 6.45) is 4.34. The van der Waals surface area contributed by atoms with Crippen molar-refractivity contribution in [3.8, 4) is 0 Å². The maximum Gasteiger partial charge on any atom is 0.0490 e. The van der Waals surface area contributed by atoms with E-state index >= 15 is 0 Å². The predicted octanol–water partition coefficient (Wildman–Crippen LogP) is 11.1. The Kier molecular flexibility index (Phi) is 7.73. The molecule has 2 heteroatoms. The van der Waals surface area contributed by atoms with Crippen LogP contribution in [0.1, 0.15) is 16.7 Å². The van der Waals surface area contributed by atoms with Gasteiger partial charge in [-0.25, -0.2) is 0 Å². The quantitative estimate of drug-likeness (QED) is 0.181. The molecule has 0 spiro atoms. The van der Waals surface area contributed by atoms with Gasteiger partial charge in [0.2, 0.25) is 0 Å². The highest BCUT2D eigenvalue weighted by atomic mass is 15.1. The summed E-state index contributed by atoms with van der Waals surface area (Å²) in [4.78, 5) is 4.59. The topological polar surface area (TPSA) is 6.48 Å². The fourth-order valence-electron chi connectivity index (χ4n) is 5.08. The van der Waals surface area contributed by atoms with Crippen molar-refractivity contribution >= 4 is 46.3 Å². The Bertz CT molecular complexity index is 1670. The average Bonchev–Trinajstić information content (AvgIpc) is 3.04. The third-order valence-electron chi connectivity index (χ3n) is 7.17. The highest BCUT2D eigenvalue weighted by molar-refractivity contribution is 5.80. The van der Waals surface area contributed by atoms with E-state index in [-0.39, 0.29) is 0 Å². The van der Waals surface area contributed by atoms with Gasteiger partial charge in [-0.1, -0.05) is 109 Å². The Morgan fingerprint density at radius 1 is 0.341 bits per heavy atom. The zero-order valence-electron chi connectivity index (χ0n) is 23.1. The largest absolute Gasteiger partial charge is 0.311 e. The van der Waals surface area contributed by atoms with Crippen molar-refractivity contribution in [2.75, 3.05) is 9.80 Å². The van der Waals surface area contributed by atoms with Crippen LogP contribution in [0.25, 0.3) is 12.2 Å². The number of aryl methyl sites for hydroxylation is 1. The first-order chi connectivity index (χ1) is 20.3. The van der Waals surface area contributed by atoms with Gasteiger partial charge in [0.25, 0.3) is 0 Å². The molecule has 0 bridgehead atoms. The lowest BCUT2D eigenvalue weighted by molar-refractivity contribution is 1.25. The van der Waals surface area contributed by atoms with E-state index in [2.05, 4.69) is 193 Å². The van der Waals surface area contributed by atoms with Crippen LogP contribution >= 0.6 is 0 Å². The number of nitrogens with zero attached hydrogens (tertiary/aromatic N) is 2. The first kappa shape index (κ1) is 25.9. The molecule has 41 heavy (non-hydrogen) atoms. The van der Waals surface area contributed by atoms with E-state index in [1.165, 1.54) is 11.3 Å². The molecule has 0 saturated carbocycles. The normalized spacial score (nSPS) is 11.0. The average molecular weight is 529 g/mol. The molecule has 6 rings (SSSR count). The monoisotopic (exact) mass is 528 g/mol. The van der Waals surface area contributed by atoms with E-state index in [1.54, 1.807) is 0 Å². The van der Waals surface area contributed by atoms with Crippen molar-refractivity contribution in [1.29, 1.82) is 0 Å². The van der Waals surface area contributed by atoms with Crippen molar-refractivity contribution in [2.24, 2.45) is 0 Å². The summed E-state index contributed by atoms with van der Waals surface area (Å²) in [6, 6.07) is 57.5. The van der Waals surface area contributed by atoms with Crippen LogP contribution in [0.2, 0.25) is 0 Å². The second kappa shape index (κ2) is 12.2. The Labute approximate surface area is 243 Å². The van der Waals surface area contributed by atoms with Crippen molar-refractivity contribution in [1.82, 2.24) is 0 Å². The van der Waals surface area contributed by atoms with Gasteiger partial charge in [0.15, 0.2) is 0 Å². The number of benzene rings is 6. The van der Waals surface area contributed by atoms with Crippen molar-refractivity contribution in [3.05, 3.63) is 180 Å². The van der Waals surface area contributed by atoms with Crippen LogP contribution in [-0.2, 0) is 0 Å². The van der Waals surface area contributed by atoms with E-state index in [0.29, 0.717) is 0 Å². The molecule has 0 aromatic heterocycles. The van der Waals surface area contributed by atoms with Gasteiger partial charge >= 0.3 is 0 Å². The maximum atomic E-state index is 2.31. The fraction of sp³-hybridized carbons (Fsp3) is 0.0256. The molecule has 0 atom stereocenters. The molecule has 0 heterocycles. The van der Waals surface area contributed by atoms with Gasteiger partial charge in [-0.3, -0.25) is 0 Å². The SMILES string of the molecule is Cc1ccccc1N(c1ccccc1)c1ccc(/C=C/c2ccc(N(c3ccccc3)c3ccccc3)cc2)cc1. The lowest BCUT2D eigenvalue weighted by atomic mass is 10.1. The number of rotatable bonds is 8. The Balaban J connectivity index is 1.23. The van der Waals surface area contributed by atoms with Crippen molar-refractivity contribution < 1.29 is 0 Å². The minimum Gasteiger partial charge on any atom is -0.311 e. The molecular formula is C39H32N2. The molecule has 0 amide bonds. The second-order valence-electron chi connectivity index (χ2n) is 9.98. The summed E-state index contributed by atoms with van der Waals surface area (Å²) in [5, 5.41) is 0. The van der Waals surface area contributed by atoms with Gasteiger partial charge in [0.05, 0.1) is 0 Å². The Hall–Kier alpha value is -5.34. The molecule has 0 unspecified atom stereocenters. The van der Waals surface area contributed by atoms with E-state index in [0.717, 1.165) is 39.6 Å². The van der Waals surface area contributed by atoms with E-state index in [4.69, 9.17) is 0 Å². The summed E-state index contributed by atoms with van der Waals surface area (Å²) >= 11 is 0. The molecule has 6 aromatic carbocycles. The number of hydrogen-bond acceptors (Lipinski definition) is 2. The molecule has 0 fully saturated rings. The molecule has 2 nitrogen and oxygen atoms in total. The minimum atomic E-state index is 1.13. The molecule has 0 N–H and O–H groups in total. The zero-order valence-corrected chi connectivity index (χ0v) is 23.1. The second-order valence-corrected chi connectivity index (χ2v) is 9.98. The van der Waals surface area contributed by atoms with Crippen molar-refractivity contribution in [2.45, 2.75) is 6.92 Å². The third-order valence-corrected chi connectivity index (χ3v) is 7.17. The zero-order chi connectivity index (χ0) is 27.9. The van der Waals surface area contributed by atoms with Crippen LogP contribution < -0.4 is 9.80 Å². The van der Waals surface area contributed by atoms with Gasteiger partial charge in [-0.15, -0.1) is 0 Å². The number of para-hydroxylation sites is 4. The van der Waals surface area contributed by atoms with Gasteiger partial charge in [0, 0.05) is 34.1 Å². The Morgan fingerprint density at radius 2 is 0.683 bits per heavy atom. The summed E-state index contributed by atoms with van der Waals surface area (Å²) in [5.74, 6) is 0. The van der Waals surface area contributed by atoms with E-state index in [9.17, 15) is 0 Å². The fourth-order valence-corrected chi connectivity index (χ4v) is 5.08. The van der Waals surface area contributed by atoms with Gasteiger partial charge in [-0.05, 0) is 90.3 Å². The molecule has 6 aromatic rings. The first-order valence-electron chi connectivity index (χ1n) is 14.0. The van der Waals surface area contributed by atoms with Crippen LogP contribution in [0.15, 0.2) is 164 Å². The molecule has 0 saturated heterocycles. The summed E-state index contributed by atoms with van der Waals surface area (Å²) < 4.78 is 0. The molecular weight excluding hydrogens is 496 g/mol. The minimum absolute atomic E-state index is 1.13. The van der Waals surface area contributed by atoms with Crippen LogP contribution in [0, 0.1) is 6.92 Å². The number of anilines is 6. The summed E-state index contributed by atoms with van der Waals surface area (Å²) in [5.41, 5.74) is 10.4. The van der Waals surface area contributed by atoms with Crippen molar-refractivity contribution in [3.63, 3.8) is 0 Å². The van der Waals surface area contributed by atoms with Crippen LogP contribution in [0.3, 0.4) is 0 Å². The van der Waals surface area contributed by atoms with Gasteiger partial charge in [0.1, 0.15) is 0 Å². The molecule has 0 radical (unpaired) electrons. The lowest BCUT2D eigenvalue weighted by Crippen LogP contribution is -2.11. The smallest absolute Gasteiger partial charge is 0.0490 e. The first-order valence-corrected chi connectivity index (χ1v) is 14.0. The van der Waals surface area contributed by atoms with E-state index in [1.807, 2.05) is 0 Å². The molecule has 0 aliphatic rings. The summed E-state index contributed by atoms with van der Waals surface area (Å²) in [6.45, 7) is 2.16. The summed E-state index contributed by atoms with van der Waals surface area (Å²) in [7, 11) is 0. The van der Waals surface area contributed by atoms with Gasteiger partial charge in [-0.2, -0.15) is 0 Å².